The van der Waals surface area contributed by atoms with Crippen molar-refractivity contribution in [3.8, 4) is 0 Å². The monoisotopic (exact) mass is 271 g/mol. The van der Waals surface area contributed by atoms with Crippen molar-refractivity contribution in [2.75, 3.05) is 33.5 Å². The first kappa shape index (κ1) is 15.6. The predicted molar refractivity (Wildman–Crippen MR) is 77.4 cm³/mol. The highest BCUT2D eigenvalue weighted by Crippen LogP contribution is 2.10. The van der Waals surface area contributed by atoms with Gasteiger partial charge in [-0.15, -0.1) is 0 Å². The number of rotatable bonds is 11. The van der Waals surface area contributed by atoms with E-state index in [1.807, 2.05) is 0 Å². The molecule has 0 aliphatic heterocycles. The highest BCUT2D eigenvalue weighted by molar-refractivity contribution is 7.07. The van der Waals surface area contributed by atoms with Crippen LogP contribution in [0.4, 0.5) is 0 Å². The first-order valence-corrected chi connectivity index (χ1v) is 7.62. The Morgan fingerprint density at radius 2 is 2.22 bits per heavy atom. The van der Waals surface area contributed by atoms with Gasteiger partial charge in [-0.3, -0.25) is 0 Å². The predicted octanol–water partition coefficient (Wildman–Crippen LogP) is 2.71. The number of methoxy groups -OCH3 is 1. The van der Waals surface area contributed by atoms with E-state index < -0.39 is 0 Å². The first-order chi connectivity index (χ1) is 8.86. The van der Waals surface area contributed by atoms with Crippen molar-refractivity contribution in [2.45, 2.75) is 32.2 Å². The van der Waals surface area contributed by atoms with E-state index in [2.05, 4.69) is 29.1 Å². The molecule has 1 rings (SSSR count). The first-order valence-electron chi connectivity index (χ1n) is 6.68. The summed E-state index contributed by atoms with van der Waals surface area (Å²) in [4.78, 5) is 0. The fraction of sp³-hybridized carbons (Fsp3) is 0.714. The van der Waals surface area contributed by atoms with E-state index in [0.717, 1.165) is 26.0 Å². The second-order valence-corrected chi connectivity index (χ2v) is 5.16. The average molecular weight is 271 g/mol. The third kappa shape index (κ3) is 7.11. The summed E-state index contributed by atoms with van der Waals surface area (Å²) in [6.45, 7) is 5.44. The van der Waals surface area contributed by atoms with Crippen molar-refractivity contribution in [2.24, 2.45) is 0 Å². The van der Waals surface area contributed by atoms with Gasteiger partial charge in [-0.2, -0.15) is 11.3 Å². The van der Waals surface area contributed by atoms with Gasteiger partial charge in [0.2, 0.25) is 0 Å². The fourth-order valence-electron chi connectivity index (χ4n) is 1.79. The van der Waals surface area contributed by atoms with Gasteiger partial charge in [0.15, 0.2) is 0 Å². The van der Waals surface area contributed by atoms with Crippen LogP contribution in [0.3, 0.4) is 0 Å². The van der Waals surface area contributed by atoms with Gasteiger partial charge in [-0.1, -0.05) is 6.92 Å². The summed E-state index contributed by atoms with van der Waals surface area (Å²) >= 11 is 1.76. The standard InChI is InChI=1S/C14H25NO2S/c1-3-6-15-14(4-7-17-9-8-16-2)11-13-5-10-18-12-13/h5,10,12,14-15H,3-4,6-9,11H2,1-2H3. The van der Waals surface area contributed by atoms with E-state index >= 15 is 0 Å². The van der Waals surface area contributed by atoms with Gasteiger partial charge >= 0.3 is 0 Å². The highest BCUT2D eigenvalue weighted by Gasteiger charge is 2.09. The Morgan fingerprint density at radius 1 is 1.33 bits per heavy atom. The van der Waals surface area contributed by atoms with Crippen molar-refractivity contribution >= 4 is 11.3 Å². The van der Waals surface area contributed by atoms with E-state index in [1.165, 1.54) is 12.0 Å². The molecule has 1 atom stereocenters. The molecule has 1 N–H and O–H groups in total. The molecule has 0 aliphatic carbocycles. The van der Waals surface area contributed by atoms with E-state index in [1.54, 1.807) is 18.4 Å². The maximum Gasteiger partial charge on any atom is 0.0700 e. The summed E-state index contributed by atoms with van der Waals surface area (Å²) in [6, 6.07) is 2.72. The lowest BCUT2D eigenvalue weighted by Gasteiger charge is -2.18. The van der Waals surface area contributed by atoms with Crippen LogP contribution in [0.2, 0.25) is 0 Å². The third-order valence-electron chi connectivity index (χ3n) is 2.79. The average Bonchev–Trinajstić information content (AvgIpc) is 2.88. The highest BCUT2D eigenvalue weighted by atomic mass is 32.1. The SMILES string of the molecule is CCCNC(CCOCCOC)Cc1ccsc1. The van der Waals surface area contributed by atoms with E-state index in [-0.39, 0.29) is 0 Å². The van der Waals surface area contributed by atoms with Crippen LogP contribution in [0.15, 0.2) is 16.8 Å². The fourth-order valence-corrected chi connectivity index (χ4v) is 2.47. The van der Waals surface area contributed by atoms with Crippen LogP contribution in [0.25, 0.3) is 0 Å². The van der Waals surface area contributed by atoms with E-state index in [0.29, 0.717) is 19.3 Å². The van der Waals surface area contributed by atoms with Gasteiger partial charge in [-0.05, 0) is 48.2 Å². The van der Waals surface area contributed by atoms with E-state index in [4.69, 9.17) is 9.47 Å². The second kappa shape index (κ2) is 10.5. The molecule has 0 bridgehead atoms. The topological polar surface area (TPSA) is 30.5 Å². The summed E-state index contributed by atoms with van der Waals surface area (Å²) in [5, 5.41) is 7.96. The Bertz CT molecular complexity index is 277. The molecule has 0 radical (unpaired) electrons. The lowest BCUT2D eigenvalue weighted by molar-refractivity contribution is 0.0658. The molecule has 1 aromatic heterocycles. The molecule has 0 aliphatic rings. The molecule has 4 heteroatoms. The van der Waals surface area contributed by atoms with Crippen molar-refractivity contribution in [1.29, 1.82) is 0 Å². The molecule has 1 heterocycles. The minimum atomic E-state index is 0.516. The Balaban J connectivity index is 2.22. The lowest BCUT2D eigenvalue weighted by Crippen LogP contribution is -2.33. The van der Waals surface area contributed by atoms with Crippen LogP contribution in [-0.2, 0) is 15.9 Å². The molecule has 3 nitrogen and oxygen atoms in total. The number of nitrogens with one attached hydrogen (secondary N) is 1. The zero-order valence-electron chi connectivity index (χ0n) is 11.5. The van der Waals surface area contributed by atoms with Crippen LogP contribution in [0.1, 0.15) is 25.3 Å². The van der Waals surface area contributed by atoms with Crippen molar-refractivity contribution in [3.05, 3.63) is 22.4 Å². The minimum Gasteiger partial charge on any atom is -0.382 e. The Hall–Kier alpha value is -0.420. The molecule has 0 spiro atoms. The molecule has 1 aromatic rings. The summed E-state index contributed by atoms with van der Waals surface area (Å²) < 4.78 is 10.5. The van der Waals surface area contributed by atoms with Crippen molar-refractivity contribution in [3.63, 3.8) is 0 Å². The van der Waals surface area contributed by atoms with Gasteiger partial charge in [0.1, 0.15) is 0 Å². The Morgan fingerprint density at radius 3 is 2.89 bits per heavy atom. The molecular weight excluding hydrogens is 246 g/mol. The zero-order chi connectivity index (χ0) is 13.1. The molecule has 0 saturated carbocycles. The Kier molecular flexibility index (Phi) is 9.12. The number of thiophene rings is 1. The van der Waals surface area contributed by atoms with E-state index in [9.17, 15) is 0 Å². The summed E-state index contributed by atoms with van der Waals surface area (Å²) in [7, 11) is 1.70. The number of ether oxygens (including phenoxy) is 2. The quantitative estimate of drug-likeness (QED) is 0.628. The van der Waals surface area contributed by atoms with Gasteiger partial charge in [0.25, 0.3) is 0 Å². The van der Waals surface area contributed by atoms with Crippen LogP contribution >= 0.6 is 11.3 Å². The van der Waals surface area contributed by atoms with Gasteiger partial charge in [0.05, 0.1) is 13.2 Å². The molecule has 0 fully saturated rings. The minimum absolute atomic E-state index is 0.516. The normalized spacial score (nSPS) is 12.8. The number of hydrogen-bond acceptors (Lipinski definition) is 4. The van der Waals surface area contributed by atoms with Crippen molar-refractivity contribution in [1.82, 2.24) is 5.32 Å². The largest absolute Gasteiger partial charge is 0.382 e. The van der Waals surface area contributed by atoms with Crippen LogP contribution in [-0.4, -0.2) is 39.5 Å². The molecule has 0 saturated heterocycles. The zero-order valence-corrected chi connectivity index (χ0v) is 12.3. The summed E-state index contributed by atoms with van der Waals surface area (Å²) in [5.41, 5.74) is 1.42. The molecule has 1 unspecified atom stereocenters. The van der Waals surface area contributed by atoms with Crippen LogP contribution < -0.4 is 5.32 Å². The maximum atomic E-state index is 5.54. The molecule has 0 aromatic carbocycles. The van der Waals surface area contributed by atoms with Gasteiger partial charge < -0.3 is 14.8 Å². The number of hydrogen-bond donors (Lipinski definition) is 1. The molecule has 18 heavy (non-hydrogen) atoms. The van der Waals surface area contributed by atoms with Gasteiger partial charge in [-0.25, -0.2) is 0 Å². The van der Waals surface area contributed by atoms with Crippen molar-refractivity contribution < 1.29 is 9.47 Å². The Labute approximate surface area is 114 Å². The summed E-state index contributed by atoms with van der Waals surface area (Å²) in [5.74, 6) is 0. The maximum absolute atomic E-state index is 5.54. The van der Waals surface area contributed by atoms with Gasteiger partial charge in [0, 0.05) is 19.8 Å². The molecular formula is C14H25NO2S. The lowest BCUT2D eigenvalue weighted by atomic mass is 10.1. The molecule has 104 valence electrons. The molecule has 0 amide bonds. The van der Waals surface area contributed by atoms with Crippen LogP contribution in [0, 0.1) is 0 Å². The smallest absolute Gasteiger partial charge is 0.0700 e. The third-order valence-corrected chi connectivity index (χ3v) is 3.52. The second-order valence-electron chi connectivity index (χ2n) is 4.38. The van der Waals surface area contributed by atoms with Crippen LogP contribution in [0.5, 0.6) is 0 Å². The summed E-state index contributed by atoms with van der Waals surface area (Å²) in [6.07, 6.45) is 3.32.